The Balaban J connectivity index is 2.13. The third kappa shape index (κ3) is 1.35. The summed E-state index contributed by atoms with van der Waals surface area (Å²) in [5, 5.41) is 2.94. The highest BCUT2D eigenvalue weighted by Gasteiger charge is 2.31. The molecule has 0 bridgehead atoms. The minimum atomic E-state index is 0.0115. The minimum absolute atomic E-state index is 0.0115. The molecule has 3 heteroatoms. The summed E-state index contributed by atoms with van der Waals surface area (Å²) >= 11 is 0. The van der Waals surface area contributed by atoms with Gasteiger partial charge in [0.1, 0.15) is 0 Å². The highest BCUT2D eigenvalue weighted by molar-refractivity contribution is 6.13. The Labute approximate surface area is 88.2 Å². The molecule has 0 aromatic heterocycles. The molecular formula is C12H12N2O. The molecule has 1 heterocycles. The number of anilines is 1. The fourth-order valence-corrected chi connectivity index (χ4v) is 2.30. The molecule has 1 atom stereocenters. The van der Waals surface area contributed by atoms with Gasteiger partial charge in [-0.25, -0.2) is 0 Å². The second-order valence-electron chi connectivity index (χ2n) is 4.05. The van der Waals surface area contributed by atoms with Gasteiger partial charge in [0.2, 0.25) is 5.91 Å². The summed E-state index contributed by atoms with van der Waals surface area (Å²) in [7, 11) is 0. The van der Waals surface area contributed by atoms with E-state index >= 15 is 0 Å². The maximum atomic E-state index is 11.9. The number of para-hydroxylation sites is 2. The number of amides is 1. The lowest BCUT2D eigenvalue weighted by Crippen LogP contribution is -2.24. The molecule has 0 saturated heterocycles. The smallest absolute Gasteiger partial charge is 0.233 e. The molecule has 0 spiro atoms. The Morgan fingerprint density at radius 1 is 1.33 bits per heavy atom. The molecule has 0 radical (unpaired) electrons. The lowest BCUT2D eigenvalue weighted by Gasteiger charge is -2.07. The molecule has 1 aromatic rings. The van der Waals surface area contributed by atoms with Crippen LogP contribution in [0.4, 0.5) is 11.4 Å². The van der Waals surface area contributed by atoms with Crippen LogP contribution in [0.15, 0.2) is 29.3 Å². The average Bonchev–Trinajstić information content (AvgIpc) is 2.64. The first-order valence-electron chi connectivity index (χ1n) is 5.32. The van der Waals surface area contributed by atoms with Crippen LogP contribution >= 0.6 is 0 Å². The van der Waals surface area contributed by atoms with E-state index in [1.54, 1.807) is 0 Å². The molecule has 1 aromatic carbocycles. The third-order valence-electron chi connectivity index (χ3n) is 3.07. The van der Waals surface area contributed by atoms with Gasteiger partial charge in [0.15, 0.2) is 0 Å². The van der Waals surface area contributed by atoms with Gasteiger partial charge in [-0.15, -0.1) is 0 Å². The number of fused-ring (bicyclic) bond motifs is 2. The van der Waals surface area contributed by atoms with Crippen molar-refractivity contribution < 1.29 is 4.79 Å². The van der Waals surface area contributed by atoms with Crippen LogP contribution in [0.1, 0.15) is 19.3 Å². The molecule has 0 unspecified atom stereocenters. The molecule has 3 nitrogen and oxygen atoms in total. The number of aliphatic imine (C=N–C) groups is 1. The summed E-state index contributed by atoms with van der Waals surface area (Å²) in [5.41, 5.74) is 2.78. The van der Waals surface area contributed by atoms with Gasteiger partial charge in [-0.2, -0.15) is 0 Å². The van der Waals surface area contributed by atoms with E-state index < -0.39 is 0 Å². The summed E-state index contributed by atoms with van der Waals surface area (Å²) in [6.45, 7) is 0. The van der Waals surface area contributed by atoms with E-state index in [2.05, 4.69) is 10.3 Å². The van der Waals surface area contributed by atoms with Crippen LogP contribution in [0.25, 0.3) is 0 Å². The number of rotatable bonds is 0. The fourth-order valence-electron chi connectivity index (χ4n) is 2.30. The normalized spacial score (nSPS) is 23.6. The van der Waals surface area contributed by atoms with Gasteiger partial charge >= 0.3 is 0 Å². The van der Waals surface area contributed by atoms with Crippen molar-refractivity contribution in [2.75, 3.05) is 5.32 Å². The summed E-state index contributed by atoms with van der Waals surface area (Å²) in [5.74, 6) is 0.119. The summed E-state index contributed by atoms with van der Waals surface area (Å²) < 4.78 is 0. The lowest BCUT2D eigenvalue weighted by molar-refractivity contribution is -0.117. The van der Waals surface area contributed by atoms with Gasteiger partial charge in [-0.3, -0.25) is 9.79 Å². The van der Waals surface area contributed by atoms with Gasteiger partial charge < -0.3 is 5.32 Å². The summed E-state index contributed by atoms with van der Waals surface area (Å²) in [6.07, 6.45) is 2.99. The van der Waals surface area contributed by atoms with Gasteiger partial charge in [0, 0.05) is 5.71 Å². The van der Waals surface area contributed by atoms with Crippen molar-refractivity contribution in [1.82, 2.24) is 0 Å². The molecule has 1 N–H and O–H groups in total. The van der Waals surface area contributed by atoms with Crippen molar-refractivity contribution in [1.29, 1.82) is 0 Å². The zero-order valence-corrected chi connectivity index (χ0v) is 8.36. The average molecular weight is 200 g/mol. The first-order valence-corrected chi connectivity index (χ1v) is 5.32. The van der Waals surface area contributed by atoms with Crippen molar-refractivity contribution in [2.24, 2.45) is 10.9 Å². The van der Waals surface area contributed by atoms with Crippen LogP contribution in [0, 0.1) is 5.92 Å². The van der Waals surface area contributed by atoms with Gasteiger partial charge in [0.25, 0.3) is 0 Å². The van der Waals surface area contributed by atoms with Crippen LogP contribution in [0.2, 0.25) is 0 Å². The first kappa shape index (κ1) is 8.65. The van der Waals surface area contributed by atoms with Crippen LogP contribution in [0.5, 0.6) is 0 Å². The molecule has 15 heavy (non-hydrogen) atoms. The van der Waals surface area contributed by atoms with E-state index in [1.165, 1.54) is 0 Å². The topological polar surface area (TPSA) is 41.5 Å². The monoisotopic (exact) mass is 200 g/mol. The van der Waals surface area contributed by atoms with E-state index in [9.17, 15) is 4.79 Å². The van der Waals surface area contributed by atoms with E-state index in [4.69, 9.17) is 0 Å². The molecular weight excluding hydrogens is 188 g/mol. The molecule has 1 aliphatic heterocycles. The standard InChI is InChI=1S/C12H12N2O/c15-12-8-4-3-7-9(8)13-10-5-1-2-6-11(10)14-12/h1-2,5-6,8H,3-4,7H2,(H,14,15)/t8-/m1/s1. The molecule has 1 saturated carbocycles. The third-order valence-corrected chi connectivity index (χ3v) is 3.07. The minimum Gasteiger partial charge on any atom is -0.324 e. The molecule has 1 aliphatic carbocycles. The molecule has 76 valence electrons. The van der Waals surface area contributed by atoms with Crippen LogP contribution in [-0.2, 0) is 4.79 Å². The van der Waals surface area contributed by atoms with E-state index in [1.807, 2.05) is 24.3 Å². The number of carbonyl (C=O) groups is 1. The Kier molecular flexibility index (Phi) is 1.84. The second-order valence-corrected chi connectivity index (χ2v) is 4.05. The van der Waals surface area contributed by atoms with E-state index in [-0.39, 0.29) is 11.8 Å². The largest absolute Gasteiger partial charge is 0.324 e. The van der Waals surface area contributed by atoms with Crippen LogP contribution in [0.3, 0.4) is 0 Å². The second kappa shape index (κ2) is 3.19. The van der Waals surface area contributed by atoms with E-state index in [0.717, 1.165) is 36.3 Å². The van der Waals surface area contributed by atoms with Gasteiger partial charge in [-0.1, -0.05) is 12.1 Å². The summed E-state index contributed by atoms with van der Waals surface area (Å²) in [4.78, 5) is 16.5. The predicted molar refractivity (Wildman–Crippen MR) is 59.5 cm³/mol. The number of carbonyl (C=O) groups excluding carboxylic acids is 1. The zero-order chi connectivity index (χ0) is 10.3. The Hall–Kier alpha value is -1.64. The van der Waals surface area contributed by atoms with Crippen molar-refractivity contribution in [2.45, 2.75) is 19.3 Å². The SMILES string of the molecule is O=C1Nc2ccccc2N=C2CCC[C@@H]12. The van der Waals surface area contributed by atoms with Crippen LogP contribution < -0.4 is 5.32 Å². The highest BCUT2D eigenvalue weighted by atomic mass is 16.1. The molecule has 1 amide bonds. The number of hydrogen-bond acceptors (Lipinski definition) is 2. The number of nitrogens with one attached hydrogen (secondary N) is 1. The molecule has 1 fully saturated rings. The fraction of sp³-hybridized carbons (Fsp3) is 0.333. The number of nitrogens with zero attached hydrogens (tertiary/aromatic N) is 1. The maximum Gasteiger partial charge on any atom is 0.233 e. The van der Waals surface area contributed by atoms with Crippen molar-refractivity contribution >= 4 is 23.0 Å². The molecule has 2 aliphatic rings. The lowest BCUT2D eigenvalue weighted by atomic mass is 10.1. The highest BCUT2D eigenvalue weighted by Crippen LogP contribution is 2.34. The first-order chi connectivity index (χ1) is 7.34. The quantitative estimate of drug-likeness (QED) is 0.686. The number of benzene rings is 1. The van der Waals surface area contributed by atoms with Crippen molar-refractivity contribution in [3.8, 4) is 0 Å². The maximum absolute atomic E-state index is 11.9. The summed E-state index contributed by atoms with van der Waals surface area (Å²) in [6, 6.07) is 7.71. The Morgan fingerprint density at radius 3 is 3.13 bits per heavy atom. The number of hydrogen-bond donors (Lipinski definition) is 1. The Morgan fingerprint density at radius 2 is 2.20 bits per heavy atom. The van der Waals surface area contributed by atoms with Gasteiger partial charge in [0.05, 0.1) is 17.3 Å². The van der Waals surface area contributed by atoms with Crippen molar-refractivity contribution in [3.63, 3.8) is 0 Å². The van der Waals surface area contributed by atoms with Crippen LogP contribution in [-0.4, -0.2) is 11.6 Å². The molecule has 3 rings (SSSR count). The zero-order valence-electron chi connectivity index (χ0n) is 8.36. The predicted octanol–water partition coefficient (Wildman–Crippen LogP) is 2.51. The van der Waals surface area contributed by atoms with E-state index in [0.29, 0.717) is 0 Å². The van der Waals surface area contributed by atoms with Gasteiger partial charge in [-0.05, 0) is 31.4 Å². The van der Waals surface area contributed by atoms with Crippen molar-refractivity contribution in [3.05, 3.63) is 24.3 Å². The Bertz CT molecular complexity index is 451.